The number of carbonyl (C=O) groups excluding carboxylic acids is 1. The number of hydrogen-bond acceptors (Lipinski definition) is 7. The lowest BCUT2D eigenvalue weighted by atomic mass is 10.1. The van der Waals surface area contributed by atoms with Crippen LogP contribution < -0.4 is 26.4 Å². The minimum Gasteiger partial charge on any atom is -0.495 e. The van der Waals surface area contributed by atoms with Crippen molar-refractivity contribution in [3.8, 4) is 5.75 Å². The number of hydrogen-bond donors (Lipinski definition) is 4. The highest BCUT2D eigenvalue weighted by Gasteiger charge is 2.12. The second-order valence-corrected chi connectivity index (χ2v) is 5.13. The van der Waals surface area contributed by atoms with Crippen molar-refractivity contribution in [3.05, 3.63) is 35.0 Å². The van der Waals surface area contributed by atoms with Gasteiger partial charge in [0.2, 0.25) is 5.95 Å². The Kier molecular flexibility index (Phi) is 6.16. The minimum atomic E-state index is -0.217. The Morgan fingerprint density at radius 2 is 2.21 bits per heavy atom. The zero-order valence-electron chi connectivity index (χ0n) is 13.4. The zero-order chi connectivity index (χ0) is 17.5. The van der Waals surface area contributed by atoms with Gasteiger partial charge < -0.3 is 26.4 Å². The van der Waals surface area contributed by atoms with Crippen molar-refractivity contribution in [2.75, 3.05) is 37.9 Å². The van der Waals surface area contributed by atoms with E-state index in [-0.39, 0.29) is 5.91 Å². The fourth-order valence-corrected chi connectivity index (χ4v) is 2.13. The number of nitrogens with two attached hydrogens (primary N) is 1. The van der Waals surface area contributed by atoms with E-state index in [0.717, 1.165) is 0 Å². The van der Waals surface area contributed by atoms with Crippen LogP contribution in [0.5, 0.6) is 5.75 Å². The summed E-state index contributed by atoms with van der Waals surface area (Å²) in [4.78, 5) is 20.3. The fourth-order valence-electron chi connectivity index (χ4n) is 1.95. The fraction of sp³-hybridized carbons (Fsp3) is 0.267. The molecule has 24 heavy (non-hydrogen) atoms. The lowest BCUT2D eigenvalue weighted by Crippen LogP contribution is -2.28. The quantitative estimate of drug-likeness (QED) is 0.599. The molecule has 1 aromatic carbocycles. The predicted octanol–water partition coefficient (Wildman–Crippen LogP) is 1.61. The number of methoxy groups -OCH3 is 1. The summed E-state index contributed by atoms with van der Waals surface area (Å²) in [5, 5.41) is 9.03. The first-order chi connectivity index (χ1) is 11.6. The monoisotopic (exact) mass is 350 g/mol. The smallest absolute Gasteiger partial charge is 0.251 e. The van der Waals surface area contributed by atoms with Crippen LogP contribution in [-0.4, -0.2) is 43.1 Å². The second kappa shape index (κ2) is 8.32. The lowest BCUT2D eigenvalue weighted by Gasteiger charge is -2.12. The van der Waals surface area contributed by atoms with Crippen molar-refractivity contribution >= 4 is 35.0 Å². The van der Waals surface area contributed by atoms with Gasteiger partial charge in [-0.15, -0.1) is 0 Å². The summed E-state index contributed by atoms with van der Waals surface area (Å²) in [5.41, 5.74) is 6.47. The van der Waals surface area contributed by atoms with E-state index in [1.54, 1.807) is 25.2 Å². The zero-order valence-corrected chi connectivity index (χ0v) is 14.1. The molecular weight excluding hydrogens is 332 g/mol. The molecule has 0 saturated heterocycles. The maximum atomic E-state index is 12.0. The van der Waals surface area contributed by atoms with Crippen LogP contribution in [0.4, 0.5) is 17.5 Å². The van der Waals surface area contributed by atoms with E-state index in [0.29, 0.717) is 46.9 Å². The molecule has 9 heteroatoms. The summed E-state index contributed by atoms with van der Waals surface area (Å²) < 4.78 is 5.33. The van der Waals surface area contributed by atoms with Crippen LogP contribution >= 0.6 is 11.6 Å². The number of anilines is 3. The molecule has 0 spiro atoms. The lowest BCUT2D eigenvalue weighted by molar-refractivity contribution is 0.0954. The Morgan fingerprint density at radius 3 is 2.88 bits per heavy atom. The van der Waals surface area contributed by atoms with Crippen LogP contribution in [-0.2, 0) is 0 Å². The largest absolute Gasteiger partial charge is 0.495 e. The van der Waals surface area contributed by atoms with Gasteiger partial charge in [-0.3, -0.25) is 4.79 Å². The minimum absolute atomic E-state index is 0.217. The number of halogens is 1. The van der Waals surface area contributed by atoms with Gasteiger partial charge in [-0.25, -0.2) is 4.98 Å². The molecule has 2 rings (SSSR count). The summed E-state index contributed by atoms with van der Waals surface area (Å²) >= 11 is 5.96. The molecule has 0 radical (unpaired) electrons. The summed E-state index contributed by atoms with van der Waals surface area (Å²) in [7, 11) is 3.23. The number of amides is 1. The van der Waals surface area contributed by atoms with Gasteiger partial charge in [-0.2, -0.15) is 4.98 Å². The van der Waals surface area contributed by atoms with E-state index >= 15 is 0 Å². The molecular formula is C15H19ClN6O2. The topological polar surface area (TPSA) is 114 Å². The summed E-state index contributed by atoms with van der Waals surface area (Å²) in [6.07, 6.45) is 1.49. The molecule has 1 amide bonds. The number of nitrogens with zero attached hydrogens (tertiary/aromatic N) is 2. The van der Waals surface area contributed by atoms with Crippen LogP contribution in [0.25, 0.3) is 0 Å². The van der Waals surface area contributed by atoms with E-state index in [2.05, 4.69) is 25.9 Å². The van der Waals surface area contributed by atoms with Gasteiger partial charge in [-0.05, 0) is 18.2 Å². The Bertz CT molecular complexity index is 725. The van der Waals surface area contributed by atoms with Gasteiger partial charge >= 0.3 is 0 Å². The average Bonchev–Trinajstić information content (AvgIpc) is 2.61. The van der Waals surface area contributed by atoms with Crippen molar-refractivity contribution in [3.63, 3.8) is 0 Å². The number of nitrogens with one attached hydrogen (secondary N) is 3. The molecule has 0 atom stereocenters. The molecule has 2 aromatic rings. The molecule has 0 aliphatic rings. The molecule has 8 nitrogen and oxygen atoms in total. The molecule has 1 aromatic heterocycles. The average molecular weight is 351 g/mol. The Balaban J connectivity index is 2.23. The normalized spacial score (nSPS) is 10.2. The SMILES string of the molecule is CNc1nc(Nc2ccc(C(=O)NCCN)cc2OC)ncc1Cl. The first-order valence-corrected chi connectivity index (χ1v) is 7.60. The molecule has 0 saturated carbocycles. The van der Waals surface area contributed by atoms with Crippen molar-refractivity contribution in [2.45, 2.75) is 0 Å². The number of ether oxygens (including phenoxy) is 1. The van der Waals surface area contributed by atoms with Crippen LogP contribution in [0.3, 0.4) is 0 Å². The highest BCUT2D eigenvalue weighted by Crippen LogP contribution is 2.28. The van der Waals surface area contributed by atoms with Gasteiger partial charge in [0.15, 0.2) is 0 Å². The third-order valence-electron chi connectivity index (χ3n) is 3.12. The van der Waals surface area contributed by atoms with E-state index in [1.165, 1.54) is 13.3 Å². The number of carbonyl (C=O) groups is 1. The van der Waals surface area contributed by atoms with E-state index in [1.807, 2.05) is 0 Å². The summed E-state index contributed by atoms with van der Waals surface area (Å²) in [6.45, 7) is 0.788. The number of rotatable bonds is 7. The van der Waals surface area contributed by atoms with E-state index < -0.39 is 0 Å². The first kappa shape index (κ1) is 17.8. The maximum absolute atomic E-state index is 12.0. The molecule has 0 aliphatic heterocycles. The van der Waals surface area contributed by atoms with Crippen molar-refractivity contribution < 1.29 is 9.53 Å². The summed E-state index contributed by atoms with van der Waals surface area (Å²) in [6, 6.07) is 5.02. The third kappa shape index (κ3) is 4.24. The van der Waals surface area contributed by atoms with Gasteiger partial charge in [0.25, 0.3) is 5.91 Å². The number of benzene rings is 1. The van der Waals surface area contributed by atoms with Crippen molar-refractivity contribution in [1.82, 2.24) is 15.3 Å². The van der Waals surface area contributed by atoms with Crippen LogP contribution in [0.15, 0.2) is 24.4 Å². The highest BCUT2D eigenvalue weighted by atomic mass is 35.5. The first-order valence-electron chi connectivity index (χ1n) is 7.22. The van der Waals surface area contributed by atoms with Crippen LogP contribution in [0, 0.1) is 0 Å². The van der Waals surface area contributed by atoms with Crippen molar-refractivity contribution in [1.29, 1.82) is 0 Å². The Morgan fingerprint density at radius 1 is 1.42 bits per heavy atom. The van der Waals surface area contributed by atoms with Gasteiger partial charge in [0.05, 0.1) is 19.0 Å². The standard InChI is InChI=1S/C15H19ClN6O2/c1-18-13-10(16)8-20-15(22-13)21-11-4-3-9(7-12(11)24-2)14(23)19-6-5-17/h3-4,7-8H,5-6,17H2,1-2H3,(H,19,23)(H2,18,20,21,22). The summed E-state index contributed by atoms with van der Waals surface area (Å²) in [5.74, 6) is 1.12. The van der Waals surface area contributed by atoms with Crippen LogP contribution in [0.2, 0.25) is 5.02 Å². The molecule has 0 unspecified atom stereocenters. The number of aromatic nitrogens is 2. The second-order valence-electron chi connectivity index (χ2n) is 4.72. The molecule has 5 N–H and O–H groups in total. The molecule has 0 fully saturated rings. The predicted molar refractivity (Wildman–Crippen MR) is 94.3 cm³/mol. The van der Waals surface area contributed by atoms with E-state index in [4.69, 9.17) is 22.1 Å². The highest BCUT2D eigenvalue weighted by molar-refractivity contribution is 6.32. The Labute approximate surface area is 144 Å². The molecule has 0 aliphatic carbocycles. The third-order valence-corrected chi connectivity index (χ3v) is 3.40. The van der Waals surface area contributed by atoms with Gasteiger partial charge in [0.1, 0.15) is 16.6 Å². The van der Waals surface area contributed by atoms with Gasteiger partial charge in [0, 0.05) is 25.7 Å². The molecule has 128 valence electrons. The molecule has 1 heterocycles. The maximum Gasteiger partial charge on any atom is 0.251 e. The molecule has 0 bridgehead atoms. The van der Waals surface area contributed by atoms with Crippen molar-refractivity contribution in [2.24, 2.45) is 5.73 Å². The Hall–Kier alpha value is -2.58. The van der Waals surface area contributed by atoms with E-state index in [9.17, 15) is 4.79 Å². The van der Waals surface area contributed by atoms with Crippen LogP contribution in [0.1, 0.15) is 10.4 Å². The van der Waals surface area contributed by atoms with Gasteiger partial charge in [-0.1, -0.05) is 11.6 Å².